The fourth-order valence-electron chi connectivity index (χ4n) is 1.72. The quantitative estimate of drug-likeness (QED) is 0.775. The van der Waals surface area contributed by atoms with E-state index in [0.717, 1.165) is 30.0 Å². The van der Waals surface area contributed by atoms with Crippen LogP contribution in [0.5, 0.6) is 0 Å². The smallest absolute Gasteiger partial charge is 0.159 e. The molecule has 0 amide bonds. The summed E-state index contributed by atoms with van der Waals surface area (Å²) >= 11 is 5.15. The Morgan fingerprint density at radius 3 is 2.69 bits per heavy atom. The number of halogens is 1. The Morgan fingerprint density at radius 2 is 2.15 bits per heavy atom. The number of rotatable bonds is 1. The molecule has 0 N–H and O–H groups in total. The summed E-state index contributed by atoms with van der Waals surface area (Å²) in [5.74, 6) is 0.622. The highest BCUT2D eigenvalue weighted by Crippen LogP contribution is 2.33. The van der Waals surface area contributed by atoms with E-state index in [4.69, 9.17) is 4.74 Å². The molecule has 1 aromatic heterocycles. The summed E-state index contributed by atoms with van der Waals surface area (Å²) in [6.07, 6.45) is 2.24. The van der Waals surface area contributed by atoms with E-state index in [0.29, 0.717) is 5.92 Å². The van der Waals surface area contributed by atoms with Crippen molar-refractivity contribution in [3.05, 3.63) is 14.5 Å². The van der Waals surface area contributed by atoms with Crippen LogP contribution in [0.25, 0.3) is 0 Å². The lowest BCUT2D eigenvalue weighted by Gasteiger charge is -2.20. The SMILES string of the molecule is Cc1sc(Br)nc1C1CCOCC1. The van der Waals surface area contributed by atoms with E-state index < -0.39 is 0 Å². The minimum atomic E-state index is 0.622. The number of hydrogen-bond acceptors (Lipinski definition) is 3. The largest absolute Gasteiger partial charge is 0.381 e. The Morgan fingerprint density at radius 1 is 1.46 bits per heavy atom. The van der Waals surface area contributed by atoms with Crippen molar-refractivity contribution in [3.8, 4) is 0 Å². The van der Waals surface area contributed by atoms with Gasteiger partial charge in [0.25, 0.3) is 0 Å². The average Bonchev–Trinajstić information content (AvgIpc) is 2.47. The van der Waals surface area contributed by atoms with Crippen molar-refractivity contribution in [2.24, 2.45) is 0 Å². The van der Waals surface area contributed by atoms with Gasteiger partial charge in [-0.25, -0.2) is 4.98 Å². The second-order valence-electron chi connectivity index (χ2n) is 3.29. The number of aromatic nitrogens is 1. The van der Waals surface area contributed by atoms with Gasteiger partial charge >= 0.3 is 0 Å². The molecule has 0 aromatic carbocycles. The number of aryl methyl sites for hydroxylation is 1. The third kappa shape index (κ3) is 2.11. The van der Waals surface area contributed by atoms with E-state index in [1.807, 2.05) is 0 Å². The molecular weight excluding hydrogens is 250 g/mol. The predicted molar refractivity (Wildman–Crippen MR) is 57.3 cm³/mol. The Kier molecular flexibility index (Phi) is 3.01. The lowest BCUT2D eigenvalue weighted by atomic mass is 9.96. The molecule has 2 heterocycles. The van der Waals surface area contributed by atoms with Crippen LogP contribution >= 0.6 is 27.3 Å². The van der Waals surface area contributed by atoms with Crippen LogP contribution in [0.4, 0.5) is 0 Å². The Balaban J connectivity index is 2.18. The Bertz CT molecular complexity index is 294. The first-order valence-electron chi connectivity index (χ1n) is 4.48. The highest BCUT2D eigenvalue weighted by Gasteiger charge is 2.20. The van der Waals surface area contributed by atoms with Gasteiger partial charge < -0.3 is 4.74 Å². The summed E-state index contributed by atoms with van der Waals surface area (Å²) < 4.78 is 6.34. The van der Waals surface area contributed by atoms with Gasteiger partial charge in [0.05, 0.1) is 5.69 Å². The van der Waals surface area contributed by atoms with Crippen LogP contribution < -0.4 is 0 Å². The van der Waals surface area contributed by atoms with Gasteiger partial charge in [-0.15, -0.1) is 11.3 Å². The molecule has 1 aliphatic rings. The zero-order chi connectivity index (χ0) is 9.26. The first-order valence-corrected chi connectivity index (χ1v) is 6.09. The lowest BCUT2D eigenvalue weighted by Crippen LogP contribution is -2.14. The van der Waals surface area contributed by atoms with Gasteiger partial charge in [0.1, 0.15) is 0 Å². The van der Waals surface area contributed by atoms with Crippen LogP contribution in [-0.2, 0) is 4.74 Å². The van der Waals surface area contributed by atoms with Crippen LogP contribution in [0.1, 0.15) is 29.3 Å². The van der Waals surface area contributed by atoms with Crippen molar-refractivity contribution in [3.63, 3.8) is 0 Å². The zero-order valence-electron chi connectivity index (χ0n) is 7.55. The molecule has 4 heteroatoms. The van der Waals surface area contributed by atoms with Crippen LogP contribution in [0, 0.1) is 6.92 Å². The number of nitrogens with zero attached hydrogens (tertiary/aromatic N) is 1. The molecule has 0 bridgehead atoms. The maximum absolute atomic E-state index is 5.33. The van der Waals surface area contributed by atoms with Gasteiger partial charge in [0, 0.05) is 24.0 Å². The zero-order valence-corrected chi connectivity index (χ0v) is 9.95. The van der Waals surface area contributed by atoms with Crippen LogP contribution in [0.15, 0.2) is 3.92 Å². The van der Waals surface area contributed by atoms with E-state index in [-0.39, 0.29) is 0 Å². The minimum Gasteiger partial charge on any atom is -0.381 e. The van der Waals surface area contributed by atoms with Crippen molar-refractivity contribution in [2.45, 2.75) is 25.7 Å². The molecule has 1 fully saturated rings. The molecule has 13 heavy (non-hydrogen) atoms. The summed E-state index contributed by atoms with van der Waals surface area (Å²) in [5.41, 5.74) is 1.28. The van der Waals surface area contributed by atoms with E-state index in [2.05, 4.69) is 27.8 Å². The van der Waals surface area contributed by atoms with Gasteiger partial charge in [-0.2, -0.15) is 0 Å². The molecule has 0 spiro atoms. The molecular formula is C9H12BrNOS. The van der Waals surface area contributed by atoms with Gasteiger partial charge in [0.15, 0.2) is 3.92 Å². The molecule has 0 aliphatic carbocycles. The summed E-state index contributed by atoms with van der Waals surface area (Å²) in [6.45, 7) is 3.92. The standard InChI is InChI=1S/C9H12BrNOS/c1-6-8(11-9(10)13-6)7-2-4-12-5-3-7/h7H,2-5H2,1H3. The fraction of sp³-hybridized carbons (Fsp3) is 0.667. The van der Waals surface area contributed by atoms with Crippen molar-refractivity contribution in [2.75, 3.05) is 13.2 Å². The van der Waals surface area contributed by atoms with Gasteiger partial charge in [0.2, 0.25) is 0 Å². The monoisotopic (exact) mass is 261 g/mol. The number of thiazole rings is 1. The van der Waals surface area contributed by atoms with E-state index in [9.17, 15) is 0 Å². The molecule has 2 nitrogen and oxygen atoms in total. The first-order chi connectivity index (χ1) is 6.27. The fourth-order valence-corrected chi connectivity index (χ4v) is 3.36. The molecule has 1 aliphatic heterocycles. The second kappa shape index (κ2) is 4.07. The Hall–Kier alpha value is 0.0700. The van der Waals surface area contributed by atoms with Crippen molar-refractivity contribution in [1.82, 2.24) is 4.98 Å². The van der Waals surface area contributed by atoms with E-state index in [1.165, 1.54) is 10.6 Å². The highest BCUT2D eigenvalue weighted by molar-refractivity contribution is 9.11. The molecule has 72 valence electrons. The predicted octanol–water partition coefficient (Wildman–Crippen LogP) is 3.11. The normalized spacial score (nSPS) is 19.2. The second-order valence-corrected chi connectivity index (χ2v) is 5.77. The third-order valence-electron chi connectivity index (χ3n) is 2.41. The molecule has 2 rings (SSSR count). The van der Waals surface area contributed by atoms with Gasteiger partial charge in [-0.1, -0.05) is 0 Å². The molecule has 0 saturated carbocycles. The molecule has 0 atom stereocenters. The highest BCUT2D eigenvalue weighted by atomic mass is 79.9. The summed E-state index contributed by atoms with van der Waals surface area (Å²) in [5, 5.41) is 0. The first kappa shape index (κ1) is 9.62. The third-order valence-corrected chi connectivity index (χ3v) is 3.85. The van der Waals surface area contributed by atoms with Crippen LogP contribution in [0.2, 0.25) is 0 Å². The summed E-state index contributed by atoms with van der Waals surface area (Å²) in [4.78, 5) is 5.86. The minimum absolute atomic E-state index is 0.622. The maximum atomic E-state index is 5.33. The molecule has 1 saturated heterocycles. The number of ether oxygens (including phenoxy) is 1. The van der Waals surface area contributed by atoms with Crippen molar-refractivity contribution in [1.29, 1.82) is 0 Å². The van der Waals surface area contributed by atoms with Crippen molar-refractivity contribution < 1.29 is 4.74 Å². The van der Waals surface area contributed by atoms with Gasteiger partial charge in [-0.05, 0) is 35.7 Å². The van der Waals surface area contributed by atoms with E-state index in [1.54, 1.807) is 11.3 Å². The van der Waals surface area contributed by atoms with Gasteiger partial charge in [-0.3, -0.25) is 0 Å². The molecule has 0 unspecified atom stereocenters. The summed E-state index contributed by atoms with van der Waals surface area (Å²) in [6, 6.07) is 0. The summed E-state index contributed by atoms with van der Waals surface area (Å²) in [7, 11) is 0. The lowest BCUT2D eigenvalue weighted by molar-refractivity contribution is 0.0845. The average molecular weight is 262 g/mol. The Labute approximate surface area is 90.5 Å². The molecule has 1 aromatic rings. The van der Waals surface area contributed by atoms with Crippen molar-refractivity contribution >= 4 is 27.3 Å². The van der Waals surface area contributed by atoms with E-state index >= 15 is 0 Å². The number of hydrogen-bond donors (Lipinski definition) is 0. The maximum Gasteiger partial charge on any atom is 0.159 e. The topological polar surface area (TPSA) is 22.1 Å². The molecule has 0 radical (unpaired) electrons. The van der Waals surface area contributed by atoms with Crippen LogP contribution in [0.3, 0.4) is 0 Å². The van der Waals surface area contributed by atoms with Crippen LogP contribution in [-0.4, -0.2) is 18.2 Å².